The first kappa shape index (κ1) is 32.4. The van der Waals surface area contributed by atoms with Crippen LogP contribution in [0.15, 0.2) is 71.6 Å². The van der Waals surface area contributed by atoms with Crippen molar-refractivity contribution >= 4 is 50.7 Å². The summed E-state index contributed by atoms with van der Waals surface area (Å²) in [5.41, 5.74) is 2.78. The van der Waals surface area contributed by atoms with Crippen molar-refractivity contribution in [3.05, 3.63) is 93.5 Å². The fourth-order valence-corrected chi connectivity index (χ4v) is 6.28. The molecule has 0 fully saturated rings. The lowest BCUT2D eigenvalue weighted by Gasteiger charge is -2.34. The molecular weight excluding hydrogens is 581 g/mol. The molecule has 220 valence electrons. The minimum Gasteiger partial charge on any atom is -0.352 e. The maximum absolute atomic E-state index is 14.2. The van der Waals surface area contributed by atoms with Gasteiger partial charge in [-0.05, 0) is 63.4 Å². The number of benzene rings is 3. The standard InChI is InChI=1S/C31H37Cl2N3O4S/c1-6-23(5)34-31(38)27(7-2)35(19-24-11-8-10-22(4)18-24)29(37)20-36(28-13-9-12-26(32)30(28)33)41(39,40)25-16-14-21(3)15-17-25/h8-18,23,27H,6-7,19-20H2,1-5H3,(H,34,38)/t23-,27+/m0/s1. The summed E-state index contributed by atoms with van der Waals surface area (Å²) in [6.07, 6.45) is 1.06. The number of halogens is 2. The highest BCUT2D eigenvalue weighted by molar-refractivity contribution is 7.92. The van der Waals surface area contributed by atoms with Crippen LogP contribution in [0.2, 0.25) is 10.0 Å². The molecule has 0 aromatic heterocycles. The van der Waals surface area contributed by atoms with Crippen molar-refractivity contribution < 1.29 is 18.0 Å². The Labute approximate surface area is 253 Å². The minimum absolute atomic E-state index is 0.00117. The van der Waals surface area contributed by atoms with E-state index in [1.165, 1.54) is 23.1 Å². The van der Waals surface area contributed by atoms with Gasteiger partial charge in [0.1, 0.15) is 12.6 Å². The van der Waals surface area contributed by atoms with Crippen LogP contribution >= 0.6 is 23.2 Å². The Morgan fingerprint density at radius 1 is 0.902 bits per heavy atom. The van der Waals surface area contributed by atoms with E-state index in [0.717, 1.165) is 27.4 Å². The van der Waals surface area contributed by atoms with E-state index in [1.54, 1.807) is 24.3 Å². The Morgan fingerprint density at radius 2 is 1.56 bits per heavy atom. The average molecular weight is 619 g/mol. The molecule has 0 spiro atoms. The fourth-order valence-electron chi connectivity index (χ4n) is 4.40. The van der Waals surface area contributed by atoms with Gasteiger partial charge >= 0.3 is 0 Å². The summed E-state index contributed by atoms with van der Waals surface area (Å²) in [6, 6.07) is 17.7. The van der Waals surface area contributed by atoms with Crippen molar-refractivity contribution in [2.24, 2.45) is 0 Å². The average Bonchev–Trinajstić information content (AvgIpc) is 2.93. The maximum atomic E-state index is 14.2. The van der Waals surface area contributed by atoms with Crippen LogP contribution in [0, 0.1) is 13.8 Å². The van der Waals surface area contributed by atoms with Gasteiger partial charge in [-0.15, -0.1) is 0 Å². The molecule has 3 aromatic rings. The van der Waals surface area contributed by atoms with E-state index in [-0.39, 0.29) is 39.1 Å². The third kappa shape index (κ3) is 8.03. The zero-order valence-electron chi connectivity index (χ0n) is 24.0. The molecule has 10 heteroatoms. The van der Waals surface area contributed by atoms with E-state index < -0.39 is 28.5 Å². The maximum Gasteiger partial charge on any atom is 0.264 e. The summed E-state index contributed by atoms with van der Waals surface area (Å²) in [4.78, 5) is 29.0. The normalized spacial score (nSPS) is 12.9. The molecule has 0 aliphatic heterocycles. The lowest BCUT2D eigenvalue weighted by atomic mass is 10.1. The van der Waals surface area contributed by atoms with E-state index in [2.05, 4.69) is 5.32 Å². The summed E-state index contributed by atoms with van der Waals surface area (Å²) in [6.45, 7) is 9.01. The first-order valence-corrected chi connectivity index (χ1v) is 15.8. The summed E-state index contributed by atoms with van der Waals surface area (Å²) in [5.74, 6) is -0.846. The van der Waals surface area contributed by atoms with E-state index in [4.69, 9.17) is 23.2 Å². The second-order valence-corrected chi connectivity index (χ2v) is 12.8. The lowest BCUT2D eigenvalue weighted by molar-refractivity contribution is -0.140. The van der Waals surface area contributed by atoms with Gasteiger partial charge in [-0.2, -0.15) is 0 Å². The highest BCUT2D eigenvalue weighted by atomic mass is 35.5. The van der Waals surface area contributed by atoms with Gasteiger partial charge in [-0.25, -0.2) is 8.42 Å². The van der Waals surface area contributed by atoms with E-state index in [9.17, 15) is 18.0 Å². The Morgan fingerprint density at radius 3 is 2.17 bits per heavy atom. The minimum atomic E-state index is -4.25. The summed E-state index contributed by atoms with van der Waals surface area (Å²) in [5, 5.41) is 3.13. The van der Waals surface area contributed by atoms with Crippen LogP contribution in [0.5, 0.6) is 0 Å². The first-order chi connectivity index (χ1) is 19.4. The molecule has 0 heterocycles. The zero-order valence-corrected chi connectivity index (χ0v) is 26.4. The first-order valence-electron chi connectivity index (χ1n) is 13.6. The van der Waals surface area contributed by atoms with Crippen molar-refractivity contribution in [2.45, 2.75) is 71.0 Å². The number of carbonyl (C=O) groups is 2. The Kier molecular flexibility index (Phi) is 11.2. The third-order valence-electron chi connectivity index (χ3n) is 6.91. The van der Waals surface area contributed by atoms with Crippen molar-refractivity contribution in [1.82, 2.24) is 10.2 Å². The predicted octanol–water partition coefficient (Wildman–Crippen LogP) is 6.53. The summed E-state index contributed by atoms with van der Waals surface area (Å²) in [7, 11) is -4.25. The van der Waals surface area contributed by atoms with Gasteiger partial charge in [0.05, 0.1) is 20.6 Å². The second kappa shape index (κ2) is 14.2. The SMILES string of the molecule is CC[C@H](C(=O)N[C@@H](C)CC)N(Cc1cccc(C)c1)C(=O)CN(c1cccc(Cl)c1Cl)S(=O)(=O)c1ccc(C)cc1. The molecule has 7 nitrogen and oxygen atoms in total. The second-order valence-electron chi connectivity index (χ2n) is 10.2. The number of aryl methyl sites for hydroxylation is 2. The molecule has 0 aliphatic rings. The Bertz CT molecular complexity index is 1480. The third-order valence-corrected chi connectivity index (χ3v) is 9.49. The molecule has 2 atom stereocenters. The zero-order chi connectivity index (χ0) is 30.3. The molecular formula is C31H37Cl2N3O4S. The molecule has 3 aromatic carbocycles. The van der Waals surface area contributed by atoms with Crippen LogP contribution in [-0.4, -0.2) is 43.8 Å². The number of carbonyl (C=O) groups excluding carboxylic acids is 2. The van der Waals surface area contributed by atoms with Crippen LogP contribution in [0.3, 0.4) is 0 Å². The van der Waals surface area contributed by atoms with Gasteiger partial charge in [0.15, 0.2) is 0 Å². The van der Waals surface area contributed by atoms with E-state index >= 15 is 0 Å². The van der Waals surface area contributed by atoms with Crippen molar-refractivity contribution in [1.29, 1.82) is 0 Å². The Hall–Kier alpha value is -3.07. The van der Waals surface area contributed by atoms with Crippen molar-refractivity contribution in [3.63, 3.8) is 0 Å². The summed E-state index contributed by atoms with van der Waals surface area (Å²) < 4.78 is 29.0. The van der Waals surface area contributed by atoms with Crippen LogP contribution in [0.25, 0.3) is 0 Å². The van der Waals surface area contributed by atoms with Crippen LogP contribution in [-0.2, 0) is 26.2 Å². The molecule has 0 saturated heterocycles. The van der Waals surface area contributed by atoms with Gasteiger partial charge in [-0.3, -0.25) is 13.9 Å². The largest absolute Gasteiger partial charge is 0.352 e. The highest BCUT2D eigenvalue weighted by Gasteiger charge is 2.35. The van der Waals surface area contributed by atoms with Gasteiger partial charge in [0, 0.05) is 12.6 Å². The number of nitrogens with zero attached hydrogens (tertiary/aromatic N) is 2. The Balaban J connectivity index is 2.10. The molecule has 0 bridgehead atoms. The molecule has 0 saturated carbocycles. The van der Waals surface area contributed by atoms with E-state index in [0.29, 0.717) is 6.42 Å². The quantitative estimate of drug-likeness (QED) is 0.250. The number of nitrogens with one attached hydrogen (secondary N) is 1. The fraction of sp³-hybridized carbons (Fsp3) is 0.355. The topological polar surface area (TPSA) is 86.8 Å². The molecule has 0 aliphatic carbocycles. The summed E-state index contributed by atoms with van der Waals surface area (Å²) >= 11 is 12.8. The molecule has 0 unspecified atom stereocenters. The van der Waals surface area contributed by atoms with Gasteiger partial charge in [0.2, 0.25) is 11.8 Å². The molecule has 0 radical (unpaired) electrons. The molecule has 3 rings (SSSR count). The van der Waals surface area contributed by atoms with Crippen LogP contribution < -0.4 is 9.62 Å². The number of anilines is 1. The lowest BCUT2D eigenvalue weighted by Crippen LogP contribution is -2.53. The number of sulfonamides is 1. The van der Waals surface area contributed by atoms with Gasteiger partial charge < -0.3 is 10.2 Å². The van der Waals surface area contributed by atoms with Crippen molar-refractivity contribution in [2.75, 3.05) is 10.8 Å². The van der Waals surface area contributed by atoms with Gasteiger partial charge in [0.25, 0.3) is 10.0 Å². The molecule has 41 heavy (non-hydrogen) atoms. The monoisotopic (exact) mass is 617 g/mol. The van der Waals surface area contributed by atoms with Gasteiger partial charge in [-0.1, -0.05) is 90.6 Å². The number of amides is 2. The van der Waals surface area contributed by atoms with E-state index in [1.807, 2.05) is 58.9 Å². The molecule has 1 N–H and O–H groups in total. The number of rotatable bonds is 12. The number of hydrogen-bond acceptors (Lipinski definition) is 4. The van der Waals surface area contributed by atoms with Crippen LogP contribution in [0.1, 0.15) is 50.3 Å². The molecule has 2 amide bonds. The smallest absolute Gasteiger partial charge is 0.264 e. The number of hydrogen-bond donors (Lipinski definition) is 1. The highest BCUT2D eigenvalue weighted by Crippen LogP contribution is 2.35. The van der Waals surface area contributed by atoms with Crippen LogP contribution in [0.4, 0.5) is 5.69 Å². The predicted molar refractivity (Wildman–Crippen MR) is 166 cm³/mol. The van der Waals surface area contributed by atoms with Crippen molar-refractivity contribution in [3.8, 4) is 0 Å².